The van der Waals surface area contributed by atoms with Crippen LogP contribution < -0.4 is 0 Å². The number of pyridine rings is 1. The van der Waals surface area contributed by atoms with Crippen LogP contribution in [0.2, 0.25) is 0 Å². The number of aliphatic imine (C=N–C) groups is 2. The molecule has 3 nitrogen and oxygen atoms in total. The molecule has 0 aliphatic carbocycles. The van der Waals surface area contributed by atoms with Crippen molar-refractivity contribution in [2.45, 2.75) is 6.92 Å². The summed E-state index contributed by atoms with van der Waals surface area (Å²) in [4.78, 5) is 12.6. The van der Waals surface area contributed by atoms with E-state index in [2.05, 4.69) is 15.0 Å². The number of rotatable bonds is 1. The molecule has 0 unspecified atom stereocenters. The second-order valence-corrected chi connectivity index (χ2v) is 2.64. The van der Waals surface area contributed by atoms with Crippen molar-refractivity contribution < 1.29 is 0 Å². The maximum Gasteiger partial charge on any atom is 0.121 e. The Morgan fingerprint density at radius 2 is 2.25 bits per heavy atom. The van der Waals surface area contributed by atoms with Crippen LogP contribution in [0.15, 0.2) is 34.4 Å². The van der Waals surface area contributed by atoms with Crippen LogP contribution in [0.1, 0.15) is 12.6 Å². The third-order valence-corrected chi connectivity index (χ3v) is 1.71. The van der Waals surface area contributed by atoms with E-state index in [0.29, 0.717) is 6.54 Å². The summed E-state index contributed by atoms with van der Waals surface area (Å²) in [7, 11) is 0. The van der Waals surface area contributed by atoms with Gasteiger partial charge < -0.3 is 0 Å². The second kappa shape index (κ2) is 2.85. The lowest BCUT2D eigenvalue weighted by Gasteiger charge is -1.95. The van der Waals surface area contributed by atoms with Crippen LogP contribution in [0.3, 0.4) is 0 Å². The van der Waals surface area contributed by atoms with E-state index in [-0.39, 0.29) is 0 Å². The standard InChI is InChI=1S/C9H9N3/c1-7-11-6-9(12-7)8-4-2-3-5-10-8/h2-5H,6H2,1H3. The maximum atomic E-state index is 4.26. The van der Waals surface area contributed by atoms with Crippen LogP contribution in [-0.4, -0.2) is 23.1 Å². The molecule has 0 amide bonds. The first-order chi connectivity index (χ1) is 5.86. The fourth-order valence-electron chi connectivity index (χ4n) is 1.13. The molecular formula is C9H9N3. The van der Waals surface area contributed by atoms with E-state index in [1.807, 2.05) is 25.1 Å². The quantitative estimate of drug-likeness (QED) is 0.608. The minimum atomic E-state index is 0.669. The second-order valence-electron chi connectivity index (χ2n) is 2.64. The highest BCUT2D eigenvalue weighted by Crippen LogP contribution is 2.03. The Morgan fingerprint density at radius 1 is 1.33 bits per heavy atom. The Balaban J connectivity index is 2.30. The molecule has 0 fully saturated rings. The van der Waals surface area contributed by atoms with Gasteiger partial charge in [0.05, 0.1) is 18.0 Å². The van der Waals surface area contributed by atoms with Gasteiger partial charge in [-0.1, -0.05) is 6.07 Å². The summed E-state index contributed by atoms with van der Waals surface area (Å²) in [5.41, 5.74) is 1.89. The van der Waals surface area contributed by atoms with Gasteiger partial charge in [-0.25, -0.2) is 4.99 Å². The van der Waals surface area contributed by atoms with E-state index in [1.54, 1.807) is 6.20 Å². The first kappa shape index (κ1) is 7.16. The molecule has 2 heterocycles. The largest absolute Gasteiger partial charge is 0.264 e. The Kier molecular flexibility index (Phi) is 1.70. The molecule has 0 atom stereocenters. The Bertz CT molecular complexity index is 338. The van der Waals surface area contributed by atoms with Gasteiger partial charge in [0.1, 0.15) is 5.84 Å². The molecule has 1 aromatic rings. The van der Waals surface area contributed by atoms with Gasteiger partial charge in [-0.05, 0) is 19.1 Å². The molecule has 1 aliphatic heterocycles. The summed E-state index contributed by atoms with van der Waals surface area (Å²) < 4.78 is 0. The van der Waals surface area contributed by atoms with Crippen LogP contribution in [0, 0.1) is 0 Å². The smallest absolute Gasteiger partial charge is 0.121 e. The SMILES string of the molecule is CC1=NCC(c2ccccn2)=N1. The number of aromatic nitrogens is 1. The minimum Gasteiger partial charge on any atom is -0.264 e. The summed E-state index contributed by atoms with van der Waals surface area (Å²) in [6, 6.07) is 5.80. The molecule has 0 aromatic carbocycles. The highest BCUT2D eigenvalue weighted by molar-refractivity contribution is 6.10. The van der Waals surface area contributed by atoms with Crippen LogP contribution >= 0.6 is 0 Å². The number of amidine groups is 1. The molecule has 1 aliphatic rings. The first-order valence-electron chi connectivity index (χ1n) is 3.86. The van der Waals surface area contributed by atoms with Crippen LogP contribution in [0.5, 0.6) is 0 Å². The first-order valence-corrected chi connectivity index (χ1v) is 3.86. The monoisotopic (exact) mass is 159 g/mol. The van der Waals surface area contributed by atoms with Gasteiger partial charge >= 0.3 is 0 Å². The Morgan fingerprint density at radius 3 is 2.83 bits per heavy atom. The lowest BCUT2D eigenvalue weighted by Crippen LogP contribution is -2.03. The van der Waals surface area contributed by atoms with E-state index in [9.17, 15) is 0 Å². The molecule has 0 radical (unpaired) electrons. The zero-order valence-electron chi connectivity index (χ0n) is 6.86. The molecule has 0 spiro atoms. The van der Waals surface area contributed by atoms with Crippen molar-refractivity contribution in [3.8, 4) is 0 Å². The fraction of sp³-hybridized carbons (Fsp3) is 0.222. The van der Waals surface area contributed by atoms with Crippen molar-refractivity contribution in [2.75, 3.05) is 6.54 Å². The van der Waals surface area contributed by atoms with E-state index in [0.717, 1.165) is 17.2 Å². The van der Waals surface area contributed by atoms with Gasteiger partial charge in [0.15, 0.2) is 0 Å². The molecule has 2 rings (SSSR count). The number of nitrogens with zero attached hydrogens (tertiary/aromatic N) is 3. The van der Waals surface area contributed by atoms with Crippen molar-refractivity contribution in [3.63, 3.8) is 0 Å². The van der Waals surface area contributed by atoms with Gasteiger partial charge in [0.2, 0.25) is 0 Å². The predicted octanol–water partition coefficient (Wildman–Crippen LogP) is 1.30. The van der Waals surface area contributed by atoms with Crippen molar-refractivity contribution >= 4 is 11.5 Å². The zero-order chi connectivity index (χ0) is 8.39. The number of hydrogen-bond acceptors (Lipinski definition) is 3. The third kappa shape index (κ3) is 1.25. The Labute approximate surface area is 70.9 Å². The van der Waals surface area contributed by atoms with E-state index < -0.39 is 0 Å². The summed E-state index contributed by atoms with van der Waals surface area (Å²) in [6.45, 7) is 2.57. The highest BCUT2D eigenvalue weighted by atomic mass is 15.0. The zero-order valence-corrected chi connectivity index (χ0v) is 6.86. The molecule has 1 aromatic heterocycles. The molecule has 0 bridgehead atoms. The molecule has 60 valence electrons. The van der Waals surface area contributed by atoms with Crippen molar-refractivity contribution in [2.24, 2.45) is 9.98 Å². The van der Waals surface area contributed by atoms with Crippen molar-refractivity contribution in [1.29, 1.82) is 0 Å². The Hall–Kier alpha value is -1.51. The highest BCUT2D eigenvalue weighted by Gasteiger charge is 2.08. The average molecular weight is 159 g/mol. The molecular weight excluding hydrogens is 150 g/mol. The summed E-state index contributed by atoms with van der Waals surface area (Å²) in [6.07, 6.45) is 1.77. The summed E-state index contributed by atoms with van der Waals surface area (Å²) >= 11 is 0. The molecule has 3 heteroatoms. The fourth-order valence-corrected chi connectivity index (χ4v) is 1.13. The molecule has 0 saturated carbocycles. The molecule has 0 N–H and O–H groups in total. The van der Waals surface area contributed by atoms with Crippen LogP contribution in [0.4, 0.5) is 0 Å². The van der Waals surface area contributed by atoms with Gasteiger partial charge in [-0.15, -0.1) is 0 Å². The van der Waals surface area contributed by atoms with Crippen molar-refractivity contribution in [1.82, 2.24) is 4.98 Å². The van der Waals surface area contributed by atoms with E-state index >= 15 is 0 Å². The third-order valence-electron chi connectivity index (χ3n) is 1.71. The summed E-state index contributed by atoms with van der Waals surface area (Å²) in [5.74, 6) is 0.843. The van der Waals surface area contributed by atoms with Gasteiger partial charge in [0, 0.05) is 6.20 Å². The van der Waals surface area contributed by atoms with Crippen molar-refractivity contribution in [3.05, 3.63) is 30.1 Å². The molecule has 12 heavy (non-hydrogen) atoms. The van der Waals surface area contributed by atoms with E-state index in [4.69, 9.17) is 0 Å². The van der Waals surface area contributed by atoms with Crippen LogP contribution in [-0.2, 0) is 0 Å². The van der Waals surface area contributed by atoms with Gasteiger partial charge in [-0.2, -0.15) is 0 Å². The average Bonchev–Trinajstić information content (AvgIpc) is 2.54. The molecule has 0 saturated heterocycles. The van der Waals surface area contributed by atoms with E-state index in [1.165, 1.54) is 0 Å². The minimum absolute atomic E-state index is 0.669. The summed E-state index contributed by atoms with van der Waals surface area (Å²) in [5, 5.41) is 0. The predicted molar refractivity (Wildman–Crippen MR) is 48.8 cm³/mol. The lowest BCUT2D eigenvalue weighted by molar-refractivity contribution is 1.25. The van der Waals surface area contributed by atoms with Gasteiger partial charge in [0.25, 0.3) is 0 Å². The maximum absolute atomic E-state index is 4.26. The van der Waals surface area contributed by atoms with Crippen LogP contribution in [0.25, 0.3) is 0 Å². The normalized spacial score (nSPS) is 15.8. The topological polar surface area (TPSA) is 37.6 Å². The lowest BCUT2D eigenvalue weighted by atomic mass is 10.2. The van der Waals surface area contributed by atoms with Gasteiger partial charge in [-0.3, -0.25) is 9.98 Å². The number of hydrogen-bond donors (Lipinski definition) is 0.